The third-order valence-electron chi connectivity index (χ3n) is 5.65. The van der Waals surface area contributed by atoms with Crippen LogP contribution in [0.4, 0.5) is 11.4 Å². The van der Waals surface area contributed by atoms with Crippen molar-refractivity contribution in [2.45, 2.75) is 31.4 Å². The van der Waals surface area contributed by atoms with Crippen molar-refractivity contribution in [2.24, 2.45) is 0 Å². The van der Waals surface area contributed by atoms with E-state index >= 15 is 0 Å². The van der Waals surface area contributed by atoms with Crippen LogP contribution in [0.25, 0.3) is 0 Å². The molecular formula is C21H24BrN3O4. The van der Waals surface area contributed by atoms with Gasteiger partial charge in [-0.3, -0.25) is 10.1 Å². The summed E-state index contributed by atoms with van der Waals surface area (Å²) >= 11 is 0. The summed E-state index contributed by atoms with van der Waals surface area (Å²) in [6.07, 6.45) is 4.10. The predicted molar refractivity (Wildman–Crippen MR) is 106 cm³/mol. The Kier molecular flexibility index (Phi) is 6.24. The Morgan fingerprint density at radius 2 is 1.79 bits per heavy atom. The Balaban J connectivity index is 0.00000240. The predicted octanol–water partition coefficient (Wildman–Crippen LogP) is 0.258. The van der Waals surface area contributed by atoms with E-state index in [1.807, 2.05) is 24.3 Å². The first-order valence-electron chi connectivity index (χ1n) is 9.55. The summed E-state index contributed by atoms with van der Waals surface area (Å²) < 4.78 is 7.33. The lowest BCUT2D eigenvalue weighted by molar-refractivity contribution is -0.658. The molecule has 1 unspecified atom stereocenters. The minimum absolute atomic E-state index is 0. The number of amidine groups is 1. The highest BCUT2D eigenvalue weighted by atomic mass is 79.9. The Morgan fingerprint density at radius 3 is 2.41 bits per heavy atom. The highest BCUT2D eigenvalue weighted by molar-refractivity contribution is 5.96. The lowest BCUT2D eigenvalue weighted by Gasteiger charge is -2.23. The smallest absolute Gasteiger partial charge is 0.271 e. The van der Waals surface area contributed by atoms with Crippen LogP contribution >= 0.6 is 0 Å². The van der Waals surface area contributed by atoms with Crippen molar-refractivity contribution in [3.05, 3.63) is 64.2 Å². The van der Waals surface area contributed by atoms with E-state index in [2.05, 4.69) is 9.48 Å². The van der Waals surface area contributed by atoms with Crippen molar-refractivity contribution in [1.82, 2.24) is 0 Å². The number of benzene rings is 2. The van der Waals surface area contributed by atoms with Crippen molar-refractivity contribution in [2.75, 3.05) is 25.1 Å². The maximum atomic E-state index is 11.7. The van der Waals surface area contributed by atoms with Gasteiger partial charge in [-0.15, -0.1) is 0 Å². The van der Waals surface area contributed by atoms with E-state index in [0.717, 1.165) is 49.5 Å². The summed E-state index contributed by atoms with van der Waals surface area (Å²) in [6.45, 7) is 1.14. The number of β-amino-alcohol motifs (C(OH)–C–C–N with tert-alkyl or cyclic N) is 1. The number of nitro benzene ring substituents is 1. The number of ether oxygens (including phenoxy) is 1. The molecule has 0 saturated heterocycles. The van der Waals surface area contributed by atoms with Gasteiger partial charge in [0.2, 0.25) is 0 Å². The number of anilines is 1. The van der Waals surface area contributed by atoms with E-state index in [-0.39, 0.29) is 22.7 Å². The molecule has 0 aromatic heterocycles. The number of methoxy groups -OCH3 is 1. The molecule has 0 amide bonds. The van der Waals surface area contributed by atoms with Crippen molar-refractivity contribution >= 4 is 17.2 Å². The van der Waals surface area contributed by atoms with Crippen LogP contribution in [0.5, 0.6) is 5.75 Å². The van der Waals surface area contributed by atoms with E-state index in [9.17, 15) is 15.2 Å². The van der Waals surface area contributed by atoms with Gasteiger partial charge in [0.1, 0.15) is 11.4 Å². The van der Waals surface area contributed by atoms with Gasteiger partial charge in [-0.25, -0.2) is 9.48 Å². The third-order valence-corrected chi connectivity index (χ3v) is 5.65. The lowest BCUT2D eigenvalue weighted by atomic mass is 10.0. The van der Waals surface area contributed by atoms with Crippen LogP contribution in [0, 0.1) is 10.1 Å². The normalized spacial score (nSPS) is 21.2. The van der Waals surface area contributed by atoms with Crippen LogP contribution in [0.15, 0.2) is 48.5 Å². The number of rotatable bonds is 4. The highest BCUT2D eigenvalue weighted by Gasteiger charge is 2.52. The molecule has 2 aromatic rings. The van der Waals surface area contributed by atoms with Crippen LogP contribution < -0.4 is 26.6 Å². The first-order valence-corrected chi connectivity index (χ1v) is 9.55. The maximum absolute atomic E-state index is 11.7. The first-order chi connectivity index (χ1) is 13.5. The van der Waals surface area contributed by atoms with Crippen molar-refractivity contribution < 1.29 is 36.3 Å². The summed E-state index contributed by atoms with van der Waals surface area (Å²) in [4.78, 5) is 12.7. The second-order valence-electron chi connectivity index (χ2n) is 7.28. The van der Waals surface area contributed by atoms with Crippen molar-refractivity contribution in [1.29, 1.82) is 0 Å². The largest absolute Gasteiger partial charge is 1.00 e. The lowest BCUT2D eigenvalue weighted by Crippen LogP contribution is -3.00. The van der Waals surface area contributed by atoms with Gasteiger partial charge < -0.3 is 26.8 Å². The molecule has 1 N–H and O–H groups in total. The fraction of sp³-hybridized carbons (Fsp3) is 0.381. The zero-order valence-electron chi connectivity index (χ0n) is 16.3. The monoisotopic (exact) mass is 461 g/mol. The molecule has 2 aliphatic heterocycles. The zero-order chi connectivity index (χ0) is 19.7. The molecule has 1 atom stereocenters. The topological polar surface area (TPSA) is 78.9 Å². The number of aliphatic hydroxyl groups is 1. The molecule has 2 heterocycles. The molecule has 0 spiro atoms. The summed E-state index contributed by atoms with van der Waals surface area (Å²) in [5.74, 6) is 1.89. The van der Waals surface area contributed by atoms with Crippen molar-refractivity contribution in [3.63, 3.8) is 0 Å². The zero-order valence-corrected chi connectivity index (χ0v) is 17.8. The highest BCUT2D eigenvalue weighted by Crippen LogP contribution is 2.36. The average Bonchev–Trinajstić information content (AvgIpc) is 2.87. The van der Waals surface area contributed by atoms with Gasteiger partial charge in [0.15, 0.2) is 6.54 Å². The molecule has 0 bridgehead atoms. The van der Waals surface area contributed by atoms with Gasteiger partial charge in [-0.05, 0) is 55.7 Å². The van der Waals surface area contributed by atoms with Crippen LogP contribution in [-0.4, -0.2) is 40.6 Å². The second-order valence-corrected chi connectivity index (χ2v) is 7.28. The Bertz CT molecular complexity index is 915. The molecule has 154 valence electrons. The fourth-order valence-corrected chi connectivity index (χ4v) is 4.17. The molecule has 2 aliphatic rings. The van der Waals surface area contributed by atoms with E-state index in [0.29, 0.717) is 12.1 Å². The standard InChI is InChI=1S/C21H24N3O4.BrH/c1-28-19-12-10-17(11-13-19)22-15-21(25,23-14-4-2-3-5-20(22)23)16-6-8-18(9-7-16)24(26)27;/h6-13,25H,2-5,14-15H2,1H3;1H/q+1;/p-1. The summed E-state index contributed by atoms with van der Waals surface area (Å²) in [6, 6.07) is 14.1. The SMILES string of the molecule is COc1ccc(N2CC(O)(c3ccc([N+](=O)[O-])cc3)[N+]3=C2CCCCC3)cc1.[Br-]. The molecule has 29 heavy (non-hydrogen) atoms. The maximum Gasteiger partial charge on any atom is 0.271 e. The minimum Gasteiger partial charge on any atom is -1.00 e. The number of halogens is 1. The number of hydrogen-bond donors (Lipinski definition) is 1. The minimum atomic E-state index is -1.21. The van der Waals surface area contributed by atoms with Gasteiger partial charge in [0.05, 0.1) is 18.6 Å². The molecule has 0 radical (unpaired) electrons. The second kappa shape index (κ2) is 8.51. The quantitative estimate of drug-likeness (QED) is 0.401. The van der Waals surface area contributed by atoms with Gasteiger partial charge in [-0.2, -0.15) is 0 Å². The number of non-ortho nitro benzene ring substituents is 1. The Hall–Kier alpha value is -2.45. The molecule has 0 aliphatic carbocycles. The van der Waals surface area contributed by atoms with Gasteiger partial charge in [-0.1, -0.05) is 0 Å². The van der Waals surface area contributed by atoms with Crippen LogP contribution in [0.3, 0.4) is 0 Å². The number of hydrogen-bond acceptors (Lipinski definition) is 5. The molecule has 0 saturated carbocycles. The van der Waals surface area contributed by atoms with Gasteiger partial charge >= 0.3 is 0 Å². The van der Waals surface area contributed by atoms with Crippen LogP contribution in [-0.2, 0) is 5.72 Å². The number of nitro groups is 1. The summed E-state index contributed by atoms with van der Waals surface area (Å²) in [5.41, 5.74) is 0.487. The molecule has 4 rings (SSSR count). The Labute approximate surface area is 180 Å². The van der Waals surface area contributed by atoms with E-state index in [1.54, 1.807) is 19.2 Å². The molecule has 7 nitrogen and oxygen atoms in total. The first kappa shape index (κ1) is 21.3. The van der Waals surface area contributed by atoms with Crippen molar-refractivity contribution in [3.8, 4) is 5.75 Å². The molecule has 0 fully saturated rings. The van der Waals surface area contributed by atoms with E-state index < -0.39 is 10.6 Å². The Morgan fingerprint density at radius 1 is 1.10 bits per heavy atom. The van der Waals surface area contributed by atoms with E-state index in [1.165, 1.54) is 12.1 Å². The molecule has 2 aromatic carbocycles. The van der Waals surface area contributed by atoms with Gasteiger partial charge in [0, 0.05) is 24.1 Å². The van der Waals surface area contributed by atoms with E-state index in [4.69, 9.17) is 4.74 Å². The fourth-order valence-electron chi connectivity index (χ4n) is 4.17. The molecular weight excluding hydrogens is 438 g/mol. The summed E-state index contributed by atoms with van der Waals surface area (Å²) in [7, 11) is 1.64. The molecule has 8 heteroatoms. The average molecular weight is 462 g/mol. The third kappa shape index (κ3) is 3.86. The van der Waals surface area contributed by atoms with Crippen LogP contribution in [0.2, 0.25) is 0 Å². The summed E-state index contributed by atoms with van der Waals surface area (Å²) in [5, 5.41) is 22.7. The van der Waals surface area contributed by atoms with Crippen LogP contribution in [0.1, 0.15) is 31.2 Å². The number of nitrogens with zero attached hydrogens (tertiary/aromatic N) is 3. The van der Waals surface area contributed by atoms with Gasteiger partial charge in [0.25, 0.3) is 17.2 Å².